The minimum Gasteiger partial charge on any atom is -0.352 e. The molecule has 2 N–H and O–H groups in total. The van der Waals surface area contributed by atoms with Crippen molar-refractivity contribution in [1.29, 1.82) is 0 Å². The van der Waals surface area contributed by atoms with E-state index in [-0.39, 0.29) is 48.5 Å². The Labute approximate surface area is 191 Å². The third-order valence-corrected chi connectivity index (χ3v) is 6.92. The van der Waals surface area contributed by atoms with Gasteiger partial charge in [0.15, 0.2) is 9.84 Å². The molecule has 33 heavy (non-hydrogen) atoms. The lowest BCUT2D eigenvalue weighted by Gasteiger charge is -2.29. The predicted octanol–water partition coefficient (Wildman–Crippen LogP) is 0.710. The van der Waals surface area contributed by atoms with E-state index in [4.69, 9.17) is 0 Å². The molecule has 1 unspecified atom stereocenters. The lowest BCUT2D eigenvalue weighted by atomic mass is 10.0. The number of piperidine rings is 1. The van der Waals surface area contributed by atoms with Crippen molar-refractivity contribution >= 4 is 33.5 Å². The van der Waals surface area contributed by atoms with E-state index in [1.54, 1.807) is 24.3 Å². The van der Waals surface area contributed by atoms with Crippen molar-refractivity contribution in [2.24, 2.45) is 0 Å². The van der Waals surface area contributed by atoms with E-state index in [0.717, 1.165) is 17.4 Å². The molecular weight excluding hydrogens is 446 g/mol. The number of amides is 4. The summed E-state index contributed by atoms with van der Waals surface area (Å²) in [4.78, 5) is 50.3. The third-order valence-electron chi connectivity index (χ3n) is 5.79. The molecule has 4 rings (SSSR count). The van der Waals surface area contributed by atoms with Gasteiger partial charge in [-0.15, -0.1) is 0 Å². The quantitative estimate of drug-likeness (QED) is 0.600. The maximum Gasteiger partial charge on any atom is 0.255 e. The average molecular weight is 470 g/mol. The Morgan fingerprint density at radius 1 is 1.09 bits per heavy atom. The Kier molecular flexibility index (Phi) is 6.03. The molecule has 0 aliphatic carbocycles. The van der Waals surface area contributed by atoms with Crippen molar-refractivity contribution in [1.82, 2.24) is 15.5 Å². The summed E-state index contributed by atoms with van der Waals surface area (Å²) in [6, 6.07) is 10.8. The zero-order valence-electron chi connectivity index (χ0n) is 18.0. The molecule has 0 bridgehead atoms. The summed E-state index contributed by atoms with van der Waals surface area (Å²) < 4.78 is 23.1. The number of carbonyl (C=O) groups is 4. The average Bonchev–Trinajstić information content (AvgIpc) is 3.07. The number of imide groups is 1. The molecule has 1 atom stereocenters. The van der Waals surface area contributed by atoms with Gasteiger partial charge in [-0.1, -0.05) is 24.3 Å². The van der Waals surface area contributed by atoms with Crippen LogP contribution >= 0.6 is 0 Å². The van der Waals surface area contributed by atoms with E-state index < -0.39 is 21.8 Å². The fourth-order valence-electron chi connectivity index (χ4n) is 4.04. The highest BCUT2D eigenvalue weighted by Crippen LogP contribution is 2.28. The summed E-state index contributed by atoms with van der Waals surface area (Å²) in [7, 11) is -3.29. The maximum absolute atomic E-state index is 12.7. The van der Waals surface area contributed by atoms with Crippen LogP contribution in [0, 0.1) is 0 Å². The number of fused-ring (bicyclic) bond motifs is 1. The minimum atomic E-state index is -3.29. The first-order valence-electron chi connectivity index (χ1n) is 10.4. The maximum atomic E-state index is 12.7. The molecule has 1 saturated heterocycles. The van der Waals surface area contributed by atoms with Crippen LogP contribution in [0.5, 0.6) is 0 Å². The Morgan fingerprint density at radius 3 is 2.45 bits per heavy atom. The molecule has 10 heteroatoms. The zero-order chi connectivity index (χ0) is 23.8. The van der Waals surface area contributed by atoms with Crippen LogP contribution in [0.1, 0.15) is 39.9 Å². The minimum absolute atomic E-state index is 0.108. The topological polar surface area (TPSA) is 130 Å². The Bertz CT molecular complexity index is 1250. The molecule has 0 saturated carbocycles. The van der Waals surface area contributed by atoms with E-state index in [0.29, 0.717) is 17.5 Å². The van der Waals surface area contributed by atoms with Crippen LogP contribution in [0.4, 0.5) is 0 Å². The molecule has 2 heterocycles. The van der Waals surface area contributed by atoms with Crippen molar-refractivity contribution in [3.8, 4) is 0 Å². The van der Waals surface area contributed by atoms with E-state index in [1.165, 1.54) is 17.0 Å². The molecule has 9 nitrogen and oxygen atoms in total. The SMILES string of the molecule is CS(=O)(=O)c1ccc(CC(=O)NCc2ccc3c(c2)CN(C2CCC(=O)NC2=O)C3=O)cc1. The van der Waals surface area contributed by atoms with Gasteiger partial charge in [0, 0.05) is 31.3 Å². The fourth-order valence-corrected chi connectivity index (χ4v) is 4.67. The third kappa shape index (κ3) is 4.95. The number of sulfone groups is 1. The number of rotatable bonds is 6. The van der Waals surface area contributed by atoms with Crippen LogP contribution in [0.15, 0.2) is 47.4 Å². The first kappa shape index (κ1) is 22.7. The van der Waals surface area contributed by atoms with Gasteiger partial charge in [-0.25, -0.2) is 8.42 Å². The van der Waals surface area contributed by atoms with Crippen LogP contribution < -0.4 is 10.6 Å². The number of benzene rings is 2. The molecule has 0 spiro atoms. The van der Waals surface area contributed by atoms with Gasteiger partial charge in [0.25, 0.3) is 5.91 Å². The summed E-state index contributed by atoms with van der Waals surface area (Å²) in [6.07, 6.45) is 1.74. The van der Waals surface area contributed by atoms with Crippen LogP contribution in [0.2, 0.25) is 0 Å². The highest BCUT2D eigenvalue weighted by molar-refractivity contribution is 7.90. The van der Waals surface area contributed by atoms with Crippen molar-refractivity contribution in [3.05, 3.63) is 64.7 Å². The zero-order valence-corrected chi connectivity index (χ0v) is 18.8. The summed E-state index contributed by atoms with van der Waals surface area (Å²) in [5, 5.41) is 5.10. The number of nitrogens with one attached hydrogen (secondary N) is 2. The molecule has 2 aromatic carbocycles. The van der Waals surface area contributed by atoms with Gasteiger partial charge < -0.3 is 10.2 Å². The first-order valence-corrected chi connectivity index (χ1v) is 12.3. The number of hydrogen-bond acceptors (Lipinski definition) is 6. The van der Waals surface area contributed by atoms with Gasteiger partial charge in [-0.3, -0.25) is 24.5 Å². The number of carbonyl (C=O) groups excluding carboxylic acids is 4. The monoisotopic (exact) mass is 469 g/mol. The van der Waals surface area contributed by atoms with Crippen molar-refractivity contribution in [2.45, 2.75) is 43.3 Å². The van der Waals surface area contributed by atoms with Crippen LogP contribution in [0.3, 0.4) is 0 Å². The highest BCUT2D eigenvalue weighted by Gasteiger charge is 2.39. The fraction of sp³-hybridized carbons (Fsp3) is 0.304. The molecule has 172 valence electrons. The Morgan fingerprint density at radius 2 is 1.79 bits per heavy atom. The molecular formula is C23H23N3O6S. The van der Waals surface area contributed by atoms with Crippen molar-refractivity contribution in [3.63, 3.8) is 0 Å². The van der Waals surface area contributed by atoms with Gasteiger partial charge in [-0.05, 0) is 41.3 Å². The highest BCUT2D eigenvalue weighted by atomic mass is 32.2. The summed E-state index contributed by atoms with van der Waals surface area (Å²) in [6.45, 7) is 0.537. The number of hydrogen-bond donors (Lipinski definition) is 2. The molecule has 0 radical (unpaired) electrons. The van der Waals surface area contributed by atoms with Crippen molar-refractivity contribution < 1.29 is 27.6 Å². The molecule has 2 aliphatic rings. The van der Waals surface area contributed by atoms with Crippen LogP contribution in [-0.2, 0) is 43.7 Å². The van der Waals surface area contributed by atoms with E-state index in [9.17, 15) is 27.6 Å². The normalized spacial score (nSPS) is 18.2. The summed E-state index contributed by atoms with van der Waals surface area (Å²) in [5.41, 5.74) is 2.79. The van der Waals surface area contributed by atoms with E-state index >= 15 is 0 Å². The summed E-state index contributed by atoms with van der Waals surface area (Å²) in [5.74, 6) is -1.24. The van der Waals surface area contributed by atoms with Gasteiger partial charge >= 0.3 is 0 Å². The lowest BCUT2D eigenvalue weighted by Crippen LogP contribution is -2.52. The second kappa shape index (κ2) is 8.78. The molecule has 1 fully saturated rings. The molecule has 0 aromatic heterocycles. The first-order chi connectivity index (χ1) is 15.6. The molecule has 4 amide bonds. The van der Waals surface area contributed by atoms with E-state index in [1.807, 2.05) is 6.07 Å². The lowest BCUT2D eigenvalue weighted by molar-refractivity contribution is -0.137. The second-order valence-corrected chi connectivity index (χ2v) is 10.3. The largest absolute Gasteiger partial charge is 0.352 e. The molecule has 2 aromatic rings. The van der Waals surface area contributed by atoms with Gasteiger partial charge in [-0.2, -0.15) is 0 Å². The van der Waals surface area contributed by atoms with Crippen LogP contribution in [0.25, 0.3) is 0 Å². The smallest absolute Gasteiger partial charge is 0.255 e. The Hall–Kier alpha value is -3.53. The van der Waals surface area contributed by atoms with Gasteiger partial charge in [0.05, 0.1) is 11.3 Å². The van der Waals surface area contributed by atoms with Crippen LogP contribution in [-0.4, -0.2) is 49.2 Å². The predicted molar refractivity (Wildman–Crippen MR) is 118 cm³/mol. The summed E-state index contributed by atoms with van der Waals surface area (Å²) >= 11 is 0. The van der Waals surface area contributed by atoms with Crippen molar-refractivity contribution in [2.75, 3.05) is 6.26 Å². The standard InChI is InChI=1S/C23H23N3O6S/c1-33(31,32)17-5-2-14(3-6-17)11-21(28)24-12-15-4-7-18-16(10-15)13-26(23(18)30)19-8-9-20(27)25-22(19)29/h2-7,10,19H,8-9,11-13H2,1H3,(H,24,28)(H,25,27,29). The van der Waals surface area contributed by atoms with Gasteiger partial charge in [0.2, 0.25) is 17.7 Å². The Balaban J connectivity index is 1.36. The number of nitrogens with zero attached hydrogens (tertiary/aromatic N) is 1. The van der Waals surface area contributed by atoms with E-state index in [2.05, 4.69) is 10.6 Å². The molecule has 2 aliphatic heterocycles. The van der Waals surface area contributed by atoms with Gasteiger partial charge in [0.1, 0.15) is 6.04 Å². The second-order valence-electron chi connectivity index (χ2n) is 8.26.